The average Bonchev–Trinajstić information content (AvgIpc) is 3.55. The average molecular weight is 500 g/mol. The summed E-state index contributed by atoms with van der Waals surface area (Å²) in [7, 11) is 0. The molecule has 2 N–H and O–H groups in total. The summed E-state index contributed by atoms with van der Waals surface area (Å²) in [5, 5.41) is 28.1. The first-order chi connectivity index (χ1) is 16.8. The zero-order valence-electron chi connectivity index (χ0n) is 19.6. The number of carbonyl (C=O) groups is 3. The van der Waals surface area contributed by atoms with Crippen LogP contribution in [0.3, 0.4) is 0 Å². The van der Waals surface area contributed by atoms with Crippen LogP contribution in [-0.2, 0) is 21.1 Å². The normalized spacial score (nSPS) is 32.1. The molecule has 35 heavy (non-hydrogen) atoms. The molecule has 0 radical (unpaired) electrons. The number of hydrogen-bond donors (Lipinski definition) is 2. The van der Waals surface area contributed by atoms with Crippen molar-refractivity contribution in [3.8, 4) is 0 Å². The van der Waals surface area contributed by atoms with Gasteiger partial charge in [0.05, 0.1) is 34.7 Å². The number of aliphatic carboxylic acids is 1. The van der Waals surface area contributed by atoms with Crippen LogP contribution < -0.4 is 0 Å². The van der Waals surface area contributed by atoms with Crippen molar-refractivity contribution in [2.75, 3.05) is 13.2 Å². The van der Waals surface area contributed by atoms with Gasteiger partial charge in [-0.05, 0) is 31.4 Å². The second-order valence-electron chi connectivity index (χ2n) is 9.74. The number of hydrogen-bond acceptors (Lipinski definition) is 7. The first-order valence-corrected chi connectivity index (χ1v) is 12.7. The molecule has 2 aromatic rings. The van der Waals surface area contributed by atoms with Crippen LogP contribution in [0.1, 0.15) is 20.3 Å². The van der Waals surface area contributed by atoms with E-state index in [2.05, 4.69) is 16.9 Å². The number of carboxylic acid groups (broad SMARTS) is 1. The van der Waals surface area contributed by atoms with E-state index in [4.69, 9.17) is 0 Å². The molecule has 7 atom stereocenters. The van der Waals surface area contributed by atoms with Gasteiger partial charge in [0.25, 0.3) is 0 Å². The molecule has 3 fully saturated rings. The van der Waals surface area contributed by atoms with Gasteiger partial charge in [0, 0.05) is 11.8 Å². The van der Waals surface area contributed by atoms with Crippen molar-refractivity contribution in [1.29, 1.82) is 0 Å². The lowest BCUT2D eigenvalue weighted by Gasteiger charge is -2.41. The molecular formula is C24H29N5O5S. The number of thioether (sulfide) groups is 1. The number of likely N-dealkylation sites (tertiary alicyclic amines) is 1. The Bertz CT molecular complexity index is 1200. The molecule has 3 aliphatic rings. The van der Waals surface area contributed by atoms with Gasteiger partial charge in [-0.2, -0.15) is 0 Å². The number of aliphatic hydroxyl groups excluding tert-OH is 1. The largest absolute Gasteiger partial charge is 0.481 e. The molecule has 0 aliphatic carbocycles. The van der Waals surface area contributed by atoms with Crippen LogP contribution in [0.4, 0.5) is 0 Å². The summed E-state index contributed by atoms with van der Waals surface area (Å²) in [6, 6.07) is 5.91. The van der Waals surface area contributed by atoms with Crippen molar-refractivity contribution >= 4 is 40.6 Å². The van der Waals surface area contributed by atoms with Gasteiger partial charge < -0.3 is 20.0 Å². The predicted molar refractivity (Wildman–Crippen MR) is 129 cm³/mol. The summed E-state index contributed by atoms with van der Waals surface area (Å²) in [4.78, 5) is 43.3. The molecule has 3 aliphatic heterocycles. The number of aliphatic hydroxyl groups is 1. The maximum Gasteiger partial charge on any atom is 0.308 e. The molecule has 2 amide bonds. The van der Waals surface area contributed by atoms with Gasteiger partial charge in [-0.3, -0.25) is 14.4 Å². The third-order valence-corrected chi connectivity index (χ3v) is 9.90. The van der Waals surface area contributed by atoms with Crippen LogP contribution in [0.25, 0.3) is 11.0 Å². The molecular weight excluding hydrogens is 470 g/mol. The number of nitrogens with zero attached hydrogens (tertiary/aromatic N) is 5. The summed E-state index contributed by atoms with van der Waals surface area (Å²) in [6.45, 7) is 7.49. The minimum atomic E-state index is -1.00. The maximum absolute atomic E-state index is 14.3. The molecule has 10 nitrogen and oxygen atoms in total. The van der Waals surface area contributed by atoms with Gasteiger partial charge in [-0.1, -0.05) is 30.3 Å². The summed E-state index contributed by atoms with van der Waals surface area (Å²) >= 11 is 1.48. The Balaban J connectivity index is 1.57. The number of benzene rings is 1. The summed E-state index contributed by atoms with van der Waals surface area (Å²) < 4.78 is 0.764. The third-order valence-electron chi connectivity index (χ3n) is 7.83. The van der Waals surface area contributed by atoms with Crippen LogP contribution in [0, 0.1) is 17.8 Å². The summed E-state index contributed by atoms with van der Waals surface area (Å²) in [5.74, 6) is -3.35. The van der Waals surface area contributed by atoms with Crippen molar-refractivity contribution in [3.63, 3.8) is 0 Å². The van der Waals surface area contributed by atoms with Crippen LogP contribution in [0.2, 0.25) is 0 Å². The van der Waals surface area contributed by atoms with Gasteiger partial charge >= 0.3 is 5.97 Å². The highest BCUT2D eigenvalue weighted by atomic mass is 32.2. The van der Waals surface area contributed by atoms with Crippen molar-refractivity contribution in [2.24, 2.45) is 17.8 Å². The van der Waals surface area contributed by atoms with E-state index < -0.39 is 34.6 Å². The van der Waals surface area contributed by atoms with E-state index in [1.165, 1.54) is 16.7 Å². The van der Waals surface area contributed by atoms with E-state index in [0.717, 1.165) is 5.52 Å². The number of aromatic nitrogens is 3. The predicted octanol–water partition coefficient (Wildman–Crippen LogP) is 1.21. The number of carbonyl (C=O) groups excluding carboxylic acids is 2. The molecule has 1 spiro atoms. The Kier molecular flexibility index (Phi) is 5.87. The molecule has 11 heteroatoms. The standard InChI is InChI=1S/C24H29N5O5S/c1-4-9-27(12-28-16-8-6-5-7-15(16)25-26-28)22(32)20-24-13(2)10-17(35-24)18(23(33)34)19(24)21(31)29(20)14(3)11-30/h4-8,13-14,17-20,30H,1,9-12H2,2-3H3,(H,33,34)/t13?,14-,17-,18+,19+,20?,24?/m1/s1. The fourth-order valence-electron chi connectivity index (χ4n) is 6.31. The van der Waals surface area contributed by atoms with E-state index in [1.807, 2.05) is 31.2 Å². The molecule has 2 bridgehead atoms. The minimum absolute atomic E-state index is 0.0373. The highest BCUT2D eigenvalue weighted by Crippen LogP contribution is 2.68. The first-order valence-electron chi connectivity index (χ1n) is 11.8. The number of amides is 2. The molecule has 5 rings (SSSR count). The zero-order valence-corrected chi connectivity index (χ0v) is 20.5. The molecule has 3 unspecified atom stereocenters. The van der Waals surface area contributed by atoms with E-state index in [9.17, 15) is 24.6 Å². The Morgan fingerprint density at radius 1 is 1.40 bits per heavy atom. The van der Waals surface area contributed by atoms with Crippen LogP contribution in [0.5, 0.6) is 0 Å². The van der Waals surface area contributed by atoms with E-state index in [0.29, 0.717) is 11.9 Å². The molecule has 1 aromatic heterocycles. The van der Waals surface area contributed by atoms with Gasteiger partial charge in [0.1, 0.15) is 18.2 Å². The lowest BCUT2D eigenvalue weighted by molar-refractivity contribution is -0.150. The van der Waals surface area contributed by atoms with Crippen molar-refractivity contribution < 1.29 is 24.6 Å². The lowest BCUT2D eigenvalue weighted by Crippen LogP contribution is -2.59. The molecule has 3 saturated heterocycles. The zero-order chi connectivity index (χ0) is 25.1. The topological polar surface area (TPSA) is 129 Å². The highest BCUT2D eigenvalue weighted by molar-refractivity contribution is 8.02. The second-order valence-corrected chi connectivity index (χ2v) is 11.3. The van der Waals surface area contributed by atoms with Crippen molar-refractivity contribution in [3.05, 3.63) is 36.9 Å². The van der Waals surface area contributed by atoms with Crippen molar-refractivity contribution in [2.45, 2.75) is 49.0 Å². The Morgan fingerprint density at radius 3 is 2.83 bits per heavy atom. The summed E-state index contributed by atoms with van der Waals surface area (Å²) in [5.41, 5.74) is 1.47. The smallest absolute Gasteiger partial charge is 0.308 e. The fraction of sp³-hybridized carbons (Fsp3) is 0.542. The Hall–Kier alpha value is -2.92. The second kappa shape index (κ2) is 8.63. The first kappa shape index (κ1) is 23.8. The minimum Gasteiger partial charge on any atom is -0.481 e. The van der Waals surface area contributed by atoms with Crippen molar-refractivity contribution in [1.82, 2.24) is 24.8 Å². The summed E-state index contributed by atoms with van der Waals surface area (Å²) in [6.07, 6.45) is 2.25. The number of para-hydroxylation sites is 1. The monoisotopic (exact) mass is 499 g/mol. The Labute approximate surface area is 206 Å². The van der Waals surface area contributed by atoms with E-state index in [1.54, 1.807) is 22.6 Å². The molecule has 1 aromatic carbocycles. The van der Waals surface area contributed by atoms with Gasteiger partial charge in [-0.25, -0.2) is 4.68 Å². The molecule has 4 heterocycles. The van der Waals surface area contributed by atoms with E-state index >= 15 is 0 Å². The van der Waals surface area contributed by atoms with Gasteiger partial charge in [0.15, 0.2) is 0 Å². The Morgan fingerprint density at radius 2 is 2.14 bits per heavy atom. The van der Waals surface area contributed by atoms with Crippen LogP contribution in [-0.4, -0.2) is 88.0 Å². The number of carboxylic acids is 1. The molecule has 0 saturated carbocycles. The van der Waals surface area contributed by atoms with Crippen LogP contribution >= 0.6 is 11.8 Å². The van der Waals surface area contributed by atoms with E-state index in [-0.39, 0.29) is 42.8 Å². The molecule has 186 valence electrons. The quantitative estimate of drug-likeness (QED) is 0.519. The number of rotatable bonds is 8. The fourth-order valence-corrected chi connectivity index (χ4v) is 8.71. The van der Waals surface area contributed by atoms with Gasteiger partial charge in [-0.15, -0.1) is 23.4 Å². The third kappa shape index (κ3) is 3.31. The van der Waals surface area contributed by atoms with Crippen LogP contribution in [0.15, 0.2) is 36.9 Å². The maximum atomic E-state index is 14.3. The lowest BCUT2D eigenvalue weighted by atomic mass is 9.66. The van der Waals surface area contributed by atoms with Gasteiger partial charge in [0.2, 0.25) is 11.8 Å². The highest BCUT2D eigenvalue weighted by Gasteiger charge is 2.76. The SMILES string of the molecule is C=CCN(Cn1nnc2ccccc21)C(=O)C1N([C@H](C)CO)C(=O)[C@@H]2[C@@H](C(=O)O)[C@H]3CC(C)C12S3. The number of fused-ring (bicyclic) bond motifs is 2.